The van der Waals surface area contributed by atoms with Gasteiger partial charge in [-0.15, -0.1) is 0 Å². The number of anilines is 3. The van der Waals surface area contributed by atoms with Gasteiger partial charge in [0.05, 0.1) is 17.1 Å². The van der Waals surface area contributed by atoms with Crippen molar-refractivity contribution < 1.29 is 13.5 Å². The Morgan fingerprint density at radius 2 is 1.84 bits per heavy atom. The van der Waals surface area contributed by atoms with E-state index in [1.807, 2.05) is 0 Å². The number of rotatable bonds is 4. The second kappa shape index (κ2) is 5.88. The molecule has 0 amide bonds. The van der Waals surface area contributed by atoms with Gasteiger partial charge in [0.25, 0.3) is 0 Å². The number of halogens is 3. The average Bonchev–Trinajstić information content (AvgIpc) is 2.34. The van der Waals surface area contributed by atoms with E-state index in [0.717, 1.165) is 4.47 Å². The Morgan fingerprint density at radius 1 is 1.11 bits per heavy atom. The summed E-state index contributed by atoms with van der Waals surface area (Å²) in [7, 11) is 0. The molecule has 2 aromatic rings. The van der Waals surface area contributed by atoms with Gasteiger partial charge in [0.2, 0.25) is 0 Å². The topological polar surface area (TPSA) is 47.3 Å². The minimum absolute atomic E-state index is 0.0693. The van der Waals surface area contributed by atoms with Crippen molar-refractivity contribution in [1.29, 1.82) is 0 Å². The molecule has 0 atom stereocenters. The molecule has 3 nitrogen and oxygen atoms in total. The molecule has 19 heavy (non-hydrogen) atoms. The first-order chi connectivity index (χ1) is 9.06. The van der Waals surface area contributed by atoms with Crippen molar-refractivity contribution in [3.8, 4) is 5.75 Å². The summed E-state index contributed by atoms with van der Waals surface area (Å²) in [5, 5.41) is 2.97. The Balaban J connectivity index is 2.27. The number of hydrogen-bond acceptors (Lipinski definition) is 3. The Morgan fingerprint density at radius 3 is 2.53 bits per heavy atom. The number of ether oxygens (including phenoxy) is 1. The third-order valence-electron chi connectivity index (χ3n) is 2.39. The summed E-state index contributed by atoms with van der Waals surface area (Å²) < 4.78 is 29.9. The molecule has 0 spiro atoms. The maximum absolute atomic E-state index is 12.3. The fraction of sp³-hybridized carbons (Fsp3) is 0.0769. The van der Waals surface area contributed by atoms with Crippen LogP contribution in [0.5, 0.6) is 5.75 Å². The van der Waals surface area contributed by atoms with Crippen LogP contribution in [0.2, 0.25) is 0 Å². The quantitative estimate of drug-likeness (QED) is 0.819. The lowest BCUT2D eigenvalue weighted by Gasteiger charge is -2.14. The SMILES string of the molecule is Nc1cc(Br)ccc1Nc1ccccc1OC(F)F. The Labute approximate surface area is 117 Å². The smallest absolute Gasteiger partial charge is 0.387 e. The molecule has 0 heterocycles. The van der Waals surface area contributed by atoms with E-state index in [4.69, 9.17) is 5.73 Å². The highest BCUT2D eigenvalue weighted by molar-refractivity contribution is 9.10. The van der Waals surface area contributed by atoms with Crippen LogP contribution in [0.25, 0.3) is 0 Å². The molecule has 0 aliphatic heterocycles. The molecule has 0 aliphatic carbocycles. The lowest BCUT2D eigenvalue weighted by molar-refractivity contribution is -0.0493. The van der Waals surface area contributed by atoms with E-state index in [0.29, 0.717) is 17.1 Å². The largest absolute Gasteiger partial charge is 0.433 e. The summed E-state index contributed by atoms with van der Waals surface area (Å²) in [5.74, 6) is 0.0693. The van der Waals surface area contributed by atoms with Crippen molar-refractivity contribution in [2.75, 3.05) is 11.1 Å². The van der Waals surface area contributed by atoms with Crippen LogP contribution in [0, 0.1) is 0 Å². The monoisotopic (exact) mass is 328 g/mol. The predicted molar refractivity (Wildman–Crippen MR) is 74.9 cm³/mol. The van der Waals surface area contributed by atoms with Crippen molar-refractivity contribution in [2.45, 2.75) is 6.61 Å². The molecule has 0 bridgehead atoms. The van der Waals surface area contributed by atoms with Crippen molar-refractivity contribution in [1.82, 2.24) is 0 Å². The van der Waals surface area contributed by atoms with E-state index in [9.17, 15) is 8.78 Å². The lowest BCUT2D eigenvalue weighted by atomic mass is 10.2. The number of hydrogen-bond donors (Lipinski definition) is 2. The number of nitrogens with one attached hydrogen (secondary N) is 1. The van der Waals surface area contributed by atoms with Crippen LogP contribution >= 0.6 is 15.9 Å². The maximum Gasteiger partial charge on any atom is 0.387 e. The van der Waals surface area contributed by atoms with Crippen LogP contribution in [0.4, 0.5) is 25.8 Å². The van der Waals surface area contributed by atoms with E-state index < -0.39 is 6.61 Å². The highest BCUT2D eigenvalue weighted by Crippen LogP contribution is 2.32. The van der Waals surface area contributed by atoms with Gasteiger partial charge in [-0.1, -0.05) is 28.1 Å². The molecule has 0 unspecified atom stereocenters. The summed E-state index contributed by atoms with van der Waals surface area (Å²) in [6.45, 7) is -2.87. The fourth-order valence-electron chi connectivity index (χ4n) is 1.56. The van der Waals surface area contributed by atoms with Crippen molar-refractivity contribution in [3.63, 3.8) is 0 Å². The summed E-state index contributed by atoms with van der Waals surface area (Å²) in [6, 6.07) is 11.7. The van der Waals surface area contributed by atoms with Gasteiger partial charge < -0.3 is 15.8 Å². The zero-order chi connectivity index (χ0) is 13.8. The molecular formula is C13H11BrF2N2O. The zero-order valence-corrected chi connectivity index (χ0v) is 11.3. The molecule has 0 fully saturated rings. The van der Waals surface area contributed by atoms with Gasteiger partial charge in [0.1, 0.15) is 5.75 Å². The highest BCUT2D eigenvalue weighted by atomic mass is 79.9. The second-order valence-corrected chi connectivity index (χ2v) is 4.65. The van der Waals surface area contributed by atoms with Crippen LogP contribution in [0.1, 0.15) is 0 Å². The van der Waals surface area contributed by atoms with Crippen molar-refractivity contribution in [3.05, 3.63) is 46.9 Å². The lowest BCUT2D eigenvalue weighted by Crippen LogP contribution is -2.05. The first kappa shape index (κ1) is 13.6. The van der Waals surface area contributed by atoms with Gasteiger partial charge in [-0.3, -0.25) is 0 Å². The molecule has 0 saturated carbocycles. The Kier molecular flexibility index (Phi) is 4.21. The van der Waals surface area contributed by atoms with Gasteiger partial charge in [0, 0.05) is 4.47 Å². The molecule has 0 radical (unpaired) electrons. The van der Waals surface area contributed by atoms with Crippen molar-refractivity contribution in [2.24, 2.45) is 0 Å². The molecule has 0 aromatic heterocycles. The van der Waals surface area contributed by atoms with Crippen molar-refractivity contribution >= 4 is 33.0 Å². The van der Waals surface area contributed by atoms with Crippen LogP contribution in [0.3, 0.4) is 0 Å². The fourth-order valence-corrected chi connectivity index (χ4v) is 1.94. The minimum atomic E-state index is -2.87. The molecular weight excluding hydrogens is 318 g/mol. The number of nitrogen functional groups attached to an aromatic ring is 1. The summed E-state index contributed by atoms with van der Waals surface area (Å²) in [6.07, 6.45) is 0. The van der Waals surface area contributed by atoms with Gasteiger partial charge in [-0.05, 0) is 30.3 Å². The van der Waals surface area contributed by atoms with Gasteiger partial charge in [-0.25, -0.2) is 0 Å². The summed E-state index contributed by atoms with van der Waals surface area (Å²) >= 11 is 3.30. The zero-order valence-electron chi connectivity index (χ0n) is 9.74. The molecule has 3 N–H and O–H groups in total. The van der Waals surface area contributed by atoms with E-state index in [2.05, 4.69) is 26.0 Å². The number of para-hydroxylation sites is 2. The van der Waals surface area contributed by atoms with Crippen LogP contribution in [-0.2, 0) is 0 Å². The van der Waals surface area contributed by atoms with E-state index in [1.54, 1.807) is 36.4 Å². The predicted octanol–water partition coefficient (Wildman–Crippen LogP) is 4.38. The first-order valence-corrected chi connectivity index (χ1v) is 6.21. The Hall–Kier alpha value is -1.82. The van der Waals surface area contributed by atoms with Gasteiger partial charge >= 0.3 is 6.61 Å². The average molecular weight is 329 g/mol. The van der Waals surface area contributed by atoms with Crippen LogP contribution < -0.4 is 15.8 Å². The molecule has 2 rings (SSSR count). The number of benzene rings is 2. The standard InChI is InChI=1S/C13H11BrF2N2O/c14-8-5-6-10(9(17)7-8)18-11-3-1-2-4-12(11)19-13(15)16/h1-7,13,18H,17H2. The minimum Gasteiger partial charge on any atom is -0.433 e. The van der Waals surface area contributed by atoms with Crippen LogP contribution in [0.15, 0.2) is 46.9 Å². The Bertz CT molecular complexity index is 578. The third-order valence-corrected chi connectivity index (χ3v) is 2.88. The molecule has 2 aromatic carbocycles. The van der Waals surface area contributed by atoms with Crippen LogP contribution in [-0.4, -0.2) is 6.61 Å². The molecule has 0 aliphatic rings. The normalized spacial score (nSPS) is 10.5. The summed E-state index contributed by atoms with van der Waals surface area (Å²) in [4.78, 5) is 0. The molecule has 0 saturated heterocycles. The van der Waals surface area contributed by atoms with E-state index in [-0.39, 0.29) is 5.75 Å². The summed E-state index contributed by atoms with van der Waals surface area (Å²) in [5.41, 5.74) is 7.39. The number of alkyl halides is 2. The second-order valence-electron chi connectivity index (χ2n) is 3.73. The number of nitrogens with two attached hydrogens (primary N) is 1. The molecule has 6 heteroatoms. The maximum atomic E-state index is 12.3. The first-order valence-electron chi connectivity index (χ1n) is 5.42. The third kappa shape index (κ3) is 3.57. The highest BCUT2D eigenvalue weighted by Gasteiger charge is 2.10. The van der Waals surface area contributed by atoms with E-state index >= 15 is 0 Å². The van der Waals surface area contributed by atoms with Gasteiger partial charge in [0.15, 0.2) is 0 Å². The van der Waals surface area contributed by atoms with E-state index in [1.165, 1.54) is 6.07 Å². The molecule has 100 valence electrons. The van der Waals surface area contributed by atoms with Gasteiger partial charge in [-0.2, -0.15) is 8.78 Å².